The lowest BCUT2D eigenvalue weighted by molar-refractivity contribution is 0.0470. The summed E-state index contributed by atoms with van der Waals surface area (Å²) in [6, 6.07) is 21.5. The molecule has 2 aliphatic rings. The van der Waals surface area contributed by atoms with Gasteiger partial charge in [-0.05, 0) is 54.0 Å². The number of hydrogen-bond acceptors (Lipinski definition) is 2. The Hall–Kier alpha value is -2.74. The SMILES string of the molecule is CC[C@]1(C)c2ccccc2N(C)[C@]12C=Cc1c(ccc3ccccc13)O2. The quantitative estimate of drug-likeness (QED) is 0.558. The molecule has 0 fully saturated rings. The van der Waals surface area contributed by atoms with Crippen molar-refractivity contribution in [2.24, 2.45) is 0 Å². The summed E-state index contributed by atoms with van der Waals surface area (Å²) >= 11 is 0. The molecule has 2 aliphatic heterocycles. The van der Waals surface area contributed by atoms with Crippen molar-refractivity contribution in [1.82, 2.24) is 0 Å². The highest BCUT2D eigenvalue weighted by Crippen LogP contribution is 2.56. The maximum atomic E-state index is 6.83. The van der Waals surface area contributed by atoms with Crippen molar-refractivity contribution in [2.75, 3.05) is 11.9 Å². The maximum Gasteiger partial charge on any atom is 0.212 e. The predicted octanol–water partition coefficient (Wildman–Crippen LogP) is 5.76. The summed E-state index contributed by atoms with van der Waals surface area (Å²) in [7, 11) is 2.15. The first-order valence-electron chi connectivity index (χ1n) is 9.34. The van der Waals surface area contributed by atoms with E-state index in [1.165, 1.54) is 27.6 Å². The predicted molar refractivity (Wildman–Crippen MR) is 109 cm³/mol. The molecule has 130 valence electrons. The van der Waals surface area contributed by atoms with Crippen molar-refractivity contribution in [3.63, 3.8) is 0 Å². The lowest BCUT2D eigenvalue weighted by Gasteiger charge is -2.47. The standard InChI is InChI=1S/C24H23NO/c1-4-23(2)20-11-7-8-12-21(20)25(3)24(23)16-15-19-18-10-6-5-9-17(18)13-14-22(19)26-24/h5-16H,4H2,1-3H3/t23-,24+/m1/s1. The van der Waals surface area contributed by atoms with E-state index < -0.39 is 5.72 Å². The monoisotopic (exact) mass is 341 g/mol. The molecule has 0 aromatic heterocycles. The second-order valence-corrected chi connectivity index (χ2v) is 7.59. The molecule has 0 saturated carbocycles. The molecule has 0 saturated heterocycles. The van der Waals surface area contributed by atoms with Crippen LogP contribution in [-0.4, -0.2) is 12.8 Å². The van der Waals surface area contributed by atoms with Crippen LogP contribution >= 0.6 is 0 Å². The molecule has 3 aromatic rings. The minimum atomic E-state index is -0.499. The fourth-order valence-electron chi connectivity index (χ4n) is 4.83. The normalized spacial score (nSPS) is 26.0. The first-order valence-corrected chi connectivity index (χ1v) is 9.34. The van der Waals surface area contributed by atoms with E-state index in [4.69, 9.17) is 4.74 Å². The Morgan fingerprint density at radius 1 is 0.962 bits per heavy atom. The van der Waals surface area contributed by atoms with Crippen LogP contribution in [0.5, 0.6) is 5.75 Å². The summed E-state index contributed by atoms with van der Waals surface area (Å²) in [4.78, 5) is 2.31. The number of benzene rings is 3. The van der Waals surface area contributed by atoms with Gasteiger partial charge in [0.05, 0.1) is 5.41 Å². The summed E-state index contributed by atoms with van der Waals surface area (Å²) in [6.07, 6.45) is 5.53. The summed E-state index contributed by atoms with van der Waals surface area (Å²) in [5, 5.41) is 2.49. The van der Waals surface area contributed by atoms with E-state index in [-0.39, 0.29) is 5.41 Å². The highest BCUT2D eigenvalue weighted by Gasteiger charge is 2.59. The molecular weight excluding hydrogens is 318 g/mol. The van der Waals surface area contributed by atoms with Crippen LogP contribution in [0.25, 0.3) is 16.8 Å². The number of likely N-dealkylation sites (N-methyl/N-ethyl adjacent to an activating group) is 1. The van der Waals surface area contributed by atoms with Gasteiger partial charge < -0.3 is 9.64 Å². The molecule has 26 heavy (non-hydrogen) atoms. The first-order chi connectivity index (χ1) is 12.6. The highest BCUT2D eigenvalue weighted by molar-refractivity contribution is 5.94. The van der Waals surface area contributed by atoms with Gasteiger partial charge in [0.15, 0.2) is 0 Å². The van der Waals surface area contributed by atoms with Gasteiger partial charge in [0, 0.05) is 18.3 Å². The minimum absolute atomic E-state index is 0.113. The van der Waals surface area contributed by atoms with Gasteiger partial charge in [-0.15, -0.1) is 0 Å². The zero-order valence-electron chi connectivity index (χ0n) is 15.5. The van der Waals surface area contributed by atoms with E-state index in [2.05, 4.69) is 98.6 Å². The van der Waals surface area contributed by atoms with Gasteiger partial charge in [-0.3, -0.25) is 0 Å². The molecule has 2 heteroatoms. The van der Waals surface area contributed by atoms with Crippen molar-refractivity contribution < 1.29 is 4.74 Å². The molecule has 2 heterocycles. The van der Waals surface area contributed by atoms with E-state index in [0.29, 0.717) is 0 Å². The van der Waals surface area contributed by atoms with Crippen LogP contribution in [0.15, 0.2) is 66.7 Å². The molecule has 0 bridgehead atoms. The lowest BCUT2D eigenvalue weighted by Crippen LogP contribution is -2.59. The lowest BCUT2D eigenvalue weighted by atomic mass is 9.72. The number of hydrogen-bond donors (Lipinski definition) is 0. The molecule has 0 radical (unpaired) electrons. The van der Waals surface area contributed by atoms with Crippen molar-refractivity contribution in [3.8, 4) is 5.75 Å². The van der Waals surface area contributed by atoms with Gasteiger partial charge >= 0.3 is 0 Å². The molecule has 0 unspecified atom stereocenters. The van der Waals surface area contributed by atoms with Gasteiger partial charge in [0.2, 0.25) is 5.72 Å². The molecule has 2 atom stereocenters. The van der Waals surface area contributed by atoms with Gasteiger partial charge in [0.25, 0.3) is 0 Å². The Balaban J connectivity index is 1.73. The van der Waals surface area contributed by atoms with Crippen molar-refractivity contribution in [3.05, 3.63) is 77.9 Å². The number of rotatable bonds is 1. The summed E-state index contributed by atoms with van der Waals surface area (Å²) in [6.45, 7) is 4.58. The second kappa shape index (κ2) is 5.14. The molecule has 0 aliphatic carbocycles. The van der Waals surface area contributed by atoms with Crippen LogP contribution in [0.4, 0.5) is 5.69 Å². The van der Waals surface area contributed by atoms with Gasteiger partial charge in [0.1, 0.15) is 5.75 Å². The van der Waals surface area contributed by atoms with Crippen molar-refractivity contribution in [1.29, 1.82) is 0 Å². The Kier molecular flexibility index (Phi) is 3.06. The molecule has 1 spiro atoms. The van der Waals surface area contributed by atoms with Gasteiger partial charge in [-0.25, -0.2) is 0 Å². The largest absolute Gasteiger partial charge is 0.463 e. The second-order valence-electron chi connectivity index (χ2n) is 7.59. The fourth-order valence-corrected chi connectivity index (χ4v) is 4.83. The number of nitrogens with zero attached hydrogens (tertiary/aromatic N) is 1. The van der Waals surface area contributed by atoms with E-state index >= 15 is 0 Å². The highest BCUT2D eigenvalue weighted by atomic mass is 16.5. The molecule has 0 amide bonds. The van der Waals surface area contributed by atoms with Crippen LogP contribution in [0.1, 0.15) is 31.4 Å². The Labute approximate surface area is 154 Å². The minimum Gasteiger partial charge on any atom is -0.463 e. The molecule has 2 nitrogen and oxygen atoms in total. The van der Waals surface area contributed by atoms with Gasteiger partial charge in [-0.2, -0.15) is 0 Å². The van der Waals surface area contributed by atoms with Crippen molar-refractivity contribution >= 4 is 22.5 Å². The van der Waals surface area contributed by atoms with Crippen LogP contribution in [0.2, 0.25) is 0 Å². The molecule has 0 N–H and O–H groups in total. The fraction of sp³-hybridized carbons (Fsp3) is 0.250. The Morgan fingerprint density at radius 2 is 1.73 bits per heavy atom. The van der Waals surface area contributed by atoms with E-state index in [0.717, 1.165) is 12.2 Å². The zero-order valence-corrected chi connectivity index (χ0v) is 15.5. The van der Waals surface area contributed by atoms with E-state index in [9.17, 15) is 0 Å². The smallest absolute Gasteiger partial charge is 0.212 e. The summed E-state index contributed by atoms with van der Waals surface area (Å²) < 4.78 is 6.83. The third-order valence-electron chi connectivity index (χ3n) is 6.53. The van der Waals surface area contributed by atoms with Crippen LogP contribution in [0, 0.1) is 0 Å². The van der Waals surface area contributed by atoms with Gasteiger partial charge in [-0.1, -0.05) is 55.5 Å². The summed E-state index contributed by atoms with van der Waals surface area (Å²) in [5.74, 6) is 0.963. The number of ether oxygens (including phenoxy) is 1. The summed E-state index contributed by atoms with van der Waals surface area (Å²) in [5.41, 5.74) is 3.18. The molecule has 3 aromatic carbocycles. The van der Waals surface area contributed by atoms with Crippen molar-refractivity contribution in [2.45, 2.75) is 31.4 Å². The van der Waals surface area contributed by atoms with Crippen LogP contribution < -0.4 is 9.64 Å². The van der Waals surface area contributed by atoms with Crippen LogP contribution in [0.3, 0.4) is 0 Å². The van der Waals surface area contributed by atoms with E-state index in [1.54, 1.807) is 0 Å². The van der Waals surface area contributed by atoms with Crippen LogP contribution in [-0.2, 0) is 5.41 Å². The number of fused-ring (bicyclic) bond motifs is 4. The number of anilines is 1. The zero-order chi connectivity index (χ0) is 17.9. The Bertz CT molecular complexity index is 1050. The first kappa shape index (κ1) is 15.5. The average Bonchev–Trinajstić information content (AvgIpc) is 2.88. The molecule has 5 rings (SSSR count). The molecular formula is C24H23NO. The third kappa shape index (κ3) is 1.72. The third-order valence-corrected chi connectivity index (χ3v) is 6.53. The maximum absolute atomic E-state index is 6.83. The Morgan fingerprint density at radius 3 is 2.58 bits per heavy atom. The average molecular weight is 341 g/mol. The van der Waals surface area contributed by atoms with E-state index in [1.807, 2.05) is 0 Å². The number of para-hydroxylation sites is 1. The topological polar surface area (TPSA) is 12.5 Å².